The van der Waals surface area contributed by atoms with Gasteiger partial charge in [0.15, 0.2) is 0 Å². The molecule has 0 saturated carbocycles. The predicted octanol–water partition coefficient (Wildman–Crippen LogP) is 2.67. The fourth-order valence-electron chi connectivity index (χ4n) is 2.58. The zero-order valence-corrected chi connectivity index (χ0v) is 11.7. The van der Waals surface area contributed by atoms with Gasteiger partial charge in [-0.3, -0.25) is 4.79 Å². The molecule has 0 aromatic heterocycles. The van der Waals surface area contributed by atoms with Crippen LogP contribution in [0.15, 0.2) is 18.2 Å². The summed E-state index contributed by atoms with van der Waals surface area (Å²) in [5.41, 5.74) is -1.95. The van der Waals surface area contributed by atoms with E-state index in [1.807, 2.05) is 13.8 Å². The van der Waals surface area contributed by atoms with Crippen molar-refractivity contribution in [1.29, 1.82) is 0 Å². The molecule has 0 spiro atoms. The van der Waals surface area contributed by atoms with Gasteiger partial charge in [0, 0.05) is 25.2 Å². The monoisotopic (exact) mass is 304 g/mol. The Hall–Kier alpha value is -1.63. The summed E-state index contributed by atoms with van der Waals surface area (Å²) >= 11 is 0. The average molecular weight is 304 g/mol. The zero-order chi connectivity index (χ0) is 15.8. The molecule has 1 aliphatic rings. The van der Waals surface area contributed by atoms with E-state index in [0.29, 0.717) is 19.2 Å². The normalized spacial score (nSPS) is 23.2. The second kappa shape index (κ2) is 5.63. The van der Waals surface area contributed by atoms with Crippen molar-refractivity contribution in [2.75, 3.05) is 13.1 Å². The topological polar surface area (TPSA) is 32.3 Å². The van der Waals surface area contributed by atoms with Gasteiger partial charge < -0.3 is 10.2 Å². The number of nitrogens with one attached hydrogen (secondary N) is 1. The molecule has 2 unspecified atom stereocenters. The maximum absolute atomic E-state index is 14.0. The molecule has 1 aromatic carbocycles. The van der Waals surface area contributed by atoms with Crippen LogP contribution in [0.2, 0.25) is 0 Å². The van der Waals surface area contributed by atoms with Gasteiger partial charge in [-0.2, -0.15) is 13.2 Å². The molecule has 1 N–H and O–H groups in total. The highest BCUT2D eigenvalue weighted by Gasteiger charge is 2.36. The molecule has 0 radical (unpaired) electrons. The fraction of sp³-hybridized carbons (Fsp3) is 0.500. The maximum Gasteiger partial charge on any atom is 0.419 e. The van der Waals surface area contributed by atoms with Crippen LogP contribution >= 0.6 is 0 Å². The summed E-state index contributed by atoms with van der Waals surface area (Å²) in [5.74, 6) is -2.22. The van der Waals surface area contributed by atoms with Gasteiger partial charge in [-0.15, -0.1) is 0 Å². The summed E-state index contributed by atoms with van der Waals surface area (Å²) in [6.07, 6.45) is -4.82. The lowest BCUT2D eigenvalue weighted by atomic mass is 10.1. The second-order valence-corrected chi connectivity index (χ2v) is 5.34. The van der Waals surface area contributed by atoms with Gasteiger partial charge >= 0.3 is 6.18 Å². The van der Waals surface area contributed by atoms with Crippen LogP contribution in [0.3, 0.4) is 0 Å². The minimum Gasteiger partial charge on any atom is -0.335 e. The molecule has 21 heavy (non-hydrogen) atoms. The van der Waals surface area contributed by atoms with Crippen molar-refractivity contribution < 1.29 is 22.4 Å². The largest absolute Gasteiger partial charge is 0.419 e. The van der Waals surface area contributed by atoms with Gasteiger partial charge in [-0.05, 0) is 26.0 Å². The number of hydrogen-bond donors (Lipinski definition) is 1. The molecule has 2 atom stereocenters. The highest BCUT2D eigenvalue weighted by molar-refractivity contribution is 5.94. The summed E-state index contributed by atoms with van der Waals surface area (Å²) in [6.45, 7) is 4.38. The number of rotatable bonds is 1. The number of carbonyl (C=O) groups is 1. The van der Waals surface area contributed by atoms with Crippen LogP contribution in [0.5, 0.6) is 0 Å². The molecular weight excluding hydrogens is 288 g/mol. The number of amides is 1. The van der Waals surface area contributed by atoms with E-state index in [1.54, 1.807) is 0 Å². The van der Waals surface area contributed by atoms with Crippen molar-refractivity contribution in [2.24, 2.45) is 0 Å². The van der Waals surface area contributed by atoms with Crippen molar-refractivity contribution in [1.82, 2.24) is 10.2 Å². The molecule has 3 nitrogen and oxygen atoms in total. The van der Waals surface area contributed by atoms with Gasteiger partial charge in [0.05, 0.1) is 11.1 Å². The minimum atomic E-state index is -4.82. The molecule has 7 heteroatoms. The van der Waals surface area contributed by atoms with Gasteiger partial charge in [-0.1, -0.05) is 6.07 Å². The molecule has 1 aromatic rings. The van der Waals surface area contributed by atoms with Crippen molar-refractivity contribution in [3.63, 3.8) is 0 Å². The third-order valence-corrected chi connectivity index (χ3v) is 3.38. The fourth-order valence-corrected chi connectivity index (χ4v) is 2.58. The zero-order valence-electron chi connectivity index (χ0n) is 11.7. The number of benzene rings is 1. The molecule has 116 valence electrons. The number of halogens is 4. The molecule has 1 fully saturated rings. The number of carbonyl (C=O) groups excluding carboxylic acids is 1. The van der Waals surface area contributed by atoms with Crippen molar-refractivity contribution >= 4 is 5.91 Å². The summed E-state index contributed by atoms with van der Waals surface area (Å²) in [4.78, 5) is 13.7. The van der Waals surface area contributed by atoms with E-state index in [2.05, 4.69) is 5.32 Å². The van der Waals surface area contributed by atoms with E-state index in [9.17, 15) is 22.4 Å². The lowest BCUT2D eigenvalue weighted by Gasteiger charge is -2.36. The van der Waals surface area contributed by atoms with Crippen LogP contribution in [0.1, 0.15) is 29.8 Å². The first-order valence-electron chi connectivity index (χ1n) is 6.61. The van der Waals surface area contributed by atoms with Gasteiger partial charge in [0.2, 0.25) is 0 Å². The second-order valence-electron chi connectivity index (χ2n) is 5.34. The van der Waals surface area contributed by atoms with Crippen LogP contribution in [0.25, 0.3) is 0 Å². The molecule has 1 aliphatic heterocycles. The Labute approximate surface area is 119 Å². The molecule has 0 bridgehead atoms. The Kier molecular flexibility index (Phi) is 4.22. The highest BCUT2D eigenvalue weighted by Crippen LogP contribution is 2.32. The van der Waals surface area contributed by atoms with Crippen LogP contribution < -0.4 is 5.32 Å². The van der Waals surface area contributed by atoms with E-state index in [0.717, 1.165) is 12.1 Å². The summed E-state index contributed by atoms with van der Waals surface area (Å²) in [6, 6.07) is 2.78. The smallest absolute Gasteiger partial charge is 0.335 e. The SMILES string of the molecule is CC1CN(C(=O)c2cccc(C(F)(F)F)c2F)CC(C)N1. The molecular formula is C14H16F4N2O. The predicted molar refractivity (Wildman–Crippen MR) is 69.4 cm³/mol. The number of nitrogens with zero attached hydrogens (tertiary/aromatic N) is 1. The number of piperazine rings is 1. The Morgan fingerprint density at radius 3 is 2.33 bits per heavy atom. The molecule has 1 amide bonds. The van der Waals surface area contributed by atoms with E-state index in [1.165, 1.54) is 4.90 Å². The van der Waals surface area contributed by atoms with Crippen LogP contribution in [0, 0.1) is 5.82 Å². The lowest BCUT2D eigenvalue weighted by molar-refractivity contribution is -0.140. The van der Waals surface area contributed by atoms with Gasteiger partial charge in [0.1, 0.15) is 5.82 Å². The molecule has 2 rings (SSSR count). The molecule has 1 saturated heterocycles. The lowest BCUT2D eigenvalue weighted by Crippen LogP contribution is -2.56. The molecule has 0 aliphatic carbocycles. The Bertz CT molecular complexity index is 534. The van der Waals surface area contributed by atoms with Crippen LogP contribution in [-0.4, -0.2) is 36.0 Å². The van der Waals surface area contributed by atoms with Gasteiger partial charge in [-0.25, -0.2) is 4.39 Å². The van der Waals surface area contributed by atoms with Crippen molar-refractivity contribution in [3.8, 4) is 0 Å². The van der Waals surface area contributed by atoms with Crippen LogP contribution in [0.4, 0.5) is 17.6 Å². The first kappa shape index (κ1) is 15.8. The third-order valence-electron chi connectivity index (χ3n) is 3.38. The number of hydrogen-bond acceptors (Lipinski definition) is 2. The van der Waals surface area contributed by atoms with Crippen molar-refractivity contribution in [3.05, 3.63) is 35.1 Å². The summed E-state index contributed by atoms with van der Waals surface area (Å²) in [5, 5.41) is 3.20. The Morgan fingerprint density at radius 2 is 1.81 bits per heavy atom. The maximum atomic E-state index is 14.0. The Balaban J connectivity index is 2.32. The minimum absolute atomic E-state index is 0.00607. The summed E-state index contributed by atoms with van der Waals surface area (Å²) in [7, 11) is 0. The van der Waals surface area contributed by atoms with Crippen molar-refractivity contribution in [2.45, 2.75) is 32.1 Å². The Morgan fingerprint density at radius 1 is 1.24 bits per heavy atom. The van der Waals surface area contributed by atoms with E-state index >= 15 is 0 Å². The first-order valence-corrected chi connectivity index (χ1v) is 6.61. The first-order chi connectivity index (χ1) is 9.70. The third kappa shape index (κ3) is 3.34. The van der Waals surface area contributed by atoms with E-state index < -0.39 is 29.0 Å². The molecule has 1 heterocycles. The van der Waals surface area contributed by atoms with E-state index in [-0.39, 0.29) is 12.1 Å². The van der Waals surface area contributed by atoms with Gasteiger partial charge in [0.25, 0.3) is 5.91 Å². The van der Waals surface area contributed by atoms with E-state index in [4.69, 9.17) is 0 Å². The standard InChI is InChI=1S/C14H16F4N2O/c1-8-6-20(7-9(2)19-8)13(21)10-4-3-5-11(12(10)15)14(16,17)18/h3-5,8-9,19H,6-7H2,1-2H3. The highest BCUT2D eigenvalue weighted by atomic mass is 19.4. The quantitative estimate of drug-likeness (QED) is 0.809. The average Bonchev–Trinajstić information content (AvgIpc) is 2.35. The number of alkyl halides is 3. The van der Waals surface area contributed by atoms with Crippen LogP contribution in [-0.2, 0) is 6.18 Å². The summed E-state index contributed by atoms with van der Waals surface area (Å²) < 4.78 is 52.0.